The van der Waals surface area contributed by atoms with Crippen LogP contribution in [0.1, 0.15) is 44.6 Å². The molecule has 2 heteroatoms. The normalized spacial score (nSPS) is 14.5. The lowest BCUT2D eigenvalue weighted by Gasteiger charge is -2.27. The standard InChI is InChI=1S/C17H23NO/c1-4-15(13(2)3)18-17(16-11-8-12-19-16)14-9-6-5-7-10-14/h5-13,15,17-18H,4H2,1-3H3. The summed E-state index contributed by atoms with van der Waals surface area (Å²) in [5, 5.41) is 3.73. The van der Waals surface area contributed by atoms with Crippen LogP contribution in [0.2, 0.25) is 0 Å². The van der Waals surface area contributed by atoms with Gasteiger partial charge in [-0.25, -0.2) is 0 Å². The van der Waals surface area contributed by atoms with E-state index < -0.39 is 0 Å². The van der Waals surface area contributed by atoms with Crippen LogP contribution in [0, 0.1) is 5.92 Å². The van der Waals surface area contributed by atoms with Crippen molar-refractivity contribution in [2.45, 2.75) is 39.3 Å². The smallest absolute Gasteiger partial charge is 0.125 e. The van der Waals surface area contributed by atoms with Crippen molar-refractivity contribution in [3.63, 3.8) is 0 Å². The first-order valence-corrected chi connectivity index (χ1v) is 7.06. The third kappa shape index (κ3) is 3.48. The Morgan fingerprint density at radius 2 is 1.79 bits per heavy atom. The third-order valence-corrected chi connectivity index (χ3v) is 3.59. The molecule has 2 aromatic rings. The van der Waals surface area contributed by atoms with E-state index in [1.54, 1.807) is 6.26 Å². The summed E-state index contributed by atoms with van der Waals surface area (Å²) in [6, 6.07) is 15.1. The van der Waals surface area contributed by atoms with Crippen molar-refractivity contribution in [1.29, 1.82) is 0 Å². The molecule has 0 spiro atoms. The molecule has 2 unspecified atom stereocenters. The minimum Gasteiger partial charge on any atom is -0.467 e. The van der Waals surface area contributed by atoms with Gasteiger partial charge in [-0.15, -0.1) is 0 Å². The van der Waals surface area contributed by atoms with Gasteiger partial charge in [-0.3, -0.25) is 0 Å². The fourth-order valence-corrected chi connectivity index (χ4v) is 2.44. The Balaban J connectivity index is 2.25. The van der Waals surface area contributed by atoms with Crippen LogP contribution < -0.4 is 5.32 Å². The van der Waals surface area contributed by atoms with Gasteiger partial charge in [0.25, 0.3) is 0 Å². The number of rotatable bonds is 6. The minimum atomic E-state index is 0.128. The molecule has 1 N–H and O–H groups in total. The Morgan fingerprint density at radius 1 is 1.05 bits per heavy atom. The summed E-state index contributed by atoms with van der Waals surface area (Å²) >= 11 is 0. The second-order valence-electron chi connectivity index (χ2n) is 5.28. The van der Waals surface area contributed by atoms with Crippen molar-refractivity contribution in [2.75, 3.05) is 0 Å². The number of hydrogen-bond donors (Lipinski definition) is 1. The molecule has 0 aliphatic carbocycles. The molecule has 1 aromatic carbocycles. The van der Waals surface area contributed by atoms with Crippen LogP contribution in [0.5, 0.6) is 0 Å². The molecule has 0 aliphatic rings. The van der Waals surface area contributed by atoms with Gasteiger partial charge < -0.3 is 9.73 Å². The highest BCUT2D eigenvalue weighted by Crippen LogP contribution is 2.24. The summed E-state index contributed by atoms with van der Waals surface area (Å²) in [7, 11) is 0. The summed E-state index contributed by atoms with van der Waals surface area (Å²) in [5.74, 6) is 1.58. The van der Waals surface area contributed by atoms with Crippen LogP contribution in [0.25, 0.3) is 0 Å². The third-order valence-electron chi connectivity index (χ3n) is 3.59. The van der Waals surface area contributed by atoms with Crippen LogP contribution >= 0.6 is 0 Å². The molecule has 0 saturated heterocycles. The van der Waals surface area contributed by atoms with E-state index in [9.17, 15) is 0 Å². The van der Waals surface area contributed by atoms with E-state index in [4.69, 9.17) is 4.42 Å². The zero-order chi connectivity index (χ0) is 13.7. The molecular weight excluding hydrogens is 234 g/mol. The van der Waals surface area contributed by atoms with Gasteiger partial charge in [0.1, 0.15) is 5.76 Å². The highest BCUT2D eigenvalue weighted by molar-refractivity contribution is 5.26. The lowest BCUT2D eigenvalue weighted by atomic mass is 9.97. The first-order valence-electron chi connectivity index (χ1n) is 7.06. The van der Waals surface area contributed by atoms with E-state index in [0.717, 1.165) is 12.2 Å². The Labute approximate surface area is 115 Å². The Kier molecular flexibility index (Phi) is 4.80. The van der Waals surface area contributed by atoms with Gasteiger partial charge in [0.05, 0.1) is 12.3 Å². The summed E-state index contributed by atoms with van der Waals surface area (Å²) in [4.78, 5) is 0. The van der Waals surface area contributed by atoms with Crippen LogP contribution in [0.4, 0.5) is 0 Å². The van der Waals surface area contributed by atoms with Gasteiger partial charge in [-0.1, -0.05) is 51.1 Å². The monoisotopic (exact) mass is 257 g/mol. The Hall–Kier alpha value is -1.54. The second-order valence-corrected chi connectivity index (χ2v) is 5.28. The van der Waals surface area contributed by atoms with Gasteiger partial charge in [0, 0.05) is 6.04 Å². The molecular formula is C17H23NO. The van der Waals surface area contributed by atoms with Crippen molar-refractivity contribution in [2.24, 2.45) is 5.92 Å². The summed E-state index contributed by atoms with van der Waals surface area (Å²) in [6.45, 7) is 6.73. The zero-order valence-electron chi connectivity index (χ0n) is 12.0. The van der Waals surface area contributed by atoms with E-state index >= 15 is 0 Å². The molecule has 0 radical (unpaired) electrons. The first kappa shape index (κ1) is 13.9. The van der Waals surface area contributed by atoms with Gasteiger partial charge in [0.2, 0.25) is 0 Å². The van der Waals surface area contributed by atoms with E-state index in [2.05, 4.69) is 50.4 Å². The minimum absolute atomic E-state index is 0.128. The van der Waals surface area contributed by atoms with Gasteiger partial charge >= 0.3 is 0 Å². The molecule has 0 amide bonds. The van der Waals surface area contributed by atoms with Crippen molar-refractivity contribution < 1.29 is 4.42 Å². The lowest BCUT2D eigenvalue weighted by Crippen LogP contribution is -2.36. The molecule has 102 valence electrons. The molecule has 2 atom stereocenters. The highest BCUT2D eigenvalue weighted by atomic mass is 16.3. The molecule has 19 heavy (non-hydrogen) atoms. The van der Waals surface area contributed by atoms with Crippen molar-refractivity contribution in [3.05, 3.63) is 60.1 Å². The maximum atomic E-state index is 5.61. The predicted octanol–water partition coefficient (Wildman–Crippen LogP) is 4.39. The van der Waals surface area contributed by atoms with E-state index in [1.165, 1.54) is 5.56 Å². The molecule has 1 heterocycles. The van der Waals surface area contributed by atoms with E-state index in [-0.39, 0.29) is 6.04 Å². The molecule has 0 aliphatic heterocycles. The van der Waals surface area contributed by atoms with Gasteiger partial charge in [0.15, 0.2) is 0 Å². The largest absolute Gasteiger partial charge is 0.467 e. The highest BCUT2D eigenvalue weighted by Gasteiger charge is 2.21. The van der Waals surface area contributed by atoms with Crippen molar-refractivity contribution in [3.8, 4) is 0 Å². The average Bonchev–Trinajstić information content (AvgIpc) is 2.94. The second kappa shape index (κ2) is 6.58. The number of hydrogen-bond acceptors (Lipinski definition) is 2. The average molecular weight is 257 g/mol. The summed E-state index contributed by atoms with van der Waals surface area (Å²) in [5.41, 5.74) is 1.25. The fraction of sp³-hybridized carbons (Fsp3) is 0.412. The van der Waals surface area contributed by atoms with E-state index in [0.29, 0.717) is 12.0 Å². The topological polar surface area (TPSA) is 25.2 Å². The molecule has 2 rings (SSSR count). The summed E-state index contributed by atoms with van der Waals surface area (Å²) in [6.07, 6.45) is 2.85. The van der Waals surface area contributed by atoms with Crippen LogP contribution in [-0.2, 0) is 0 Å². The van der Waals surface area contributed by atoms with Crippen molar-refractivity contribution >= 4 is 0 Å². The number of nitrogens with one attached hydrogen (secondary N) is 1. The van der Waals surface area contributed by atoms with Gasteiger partial charge in [-0.2, -0.15) is 0 Å². The van der Waals surface area contributed by atoms with E-state index in [1.807, 2.05) is 18.2 Å². The Bertz CT molecular complexity index is 461. The lowest BCUT2D eigenvalue weighted by molar-refractivity contribution is 0.339. The summed E-state index contributed by atoms with van der Waals surface area (Å²) < 4.78 is 5.61. The molecule has 0 bridgehead atoms. The number of furan rings is 1. The number of benzene rings is 1. The molecule has 1 aromatic heterocycles. The molecule has 0 fully saturated rings. The molecule has 0 saturated carbocycles. The van der Waals surface area contributed by atoms with Crippen LogP contribution in [0.15, 0.2) is 53.1 Å². The first-order chi connectivity index (χ1) is 9.22. The molecule has 2 nitrogen and oxygen atoms in total. The fourth-order valence-electron chi connectivity index (χ4n) is 2.44. The maximum Gasteiger partial charge on any atom is 0.125 e. The SMILES string of the molecule is CCC(NC(c1ccccc1)c1ccco1)C(C)C. The quantitative estimate of drug-likeness (QED) is 0.830. The van der Waals surface area contributed by atoms with Crippen molar-refractivity contribution in [1.82, 2.24) is 5.32 Å². The van der Waals surface area contributed by atoms with Gasteiger partial charge in [-0.05, 0) is 30.0 Å². The Morgan fingerprint density at radius 3 is 2.32 bits per heavy atom. The zero-order valence-corrected chi connectivity index (χ0v) is 12.0. The van der Waals surface area contributed by atoms with Crippen LogP contribution in [0.3, 0.4) is 0 Å². The maximum absolute atomic E-state index is 5.61. The predicted molar refractivity (Wildman–Crippen MR) is 79.0 cm³/mol. The van der Waals surface area contributed by atoms with Crippen LogP contribution in [-0.4, -0.2) is 6.04 Å².